The van der Waals surface area contributed by atoms with E-state index in [9.17, 15) is 9.50 Å². The van der Waals surface area contributed by atoms with Gasteiger partial charge in [0, 0.05) is 6.42 Å². The molecule has 3 nitrogen and oxygen atoms in total. The molecule has 1 N–H and O–H groups in total. The molecule has 0 aliphatic carbocycles. The lowest BCUT2D eigenvalue weighted by Gasteiger charge is -2.18. The SMILES string of the molecule is COc1cccc(OC)c1C(O)Cc1ccc(Cl)c(F)c1. The second-order valence-corrected chi connectivity index (χ2v) is 4.95. The molecule has 0 aliphatic rings. The van der Waals surface area contributed by atoms with Gasteiger partial charge in [0.1, 0.15) is 17.3 Å². The normalized spacial score (nSPS) is 12.0. The van der Waals surface area contributed by atoms with Crippen LogP contribution in [0.1, 0.15) is 17.2 Å². The minimum absolute atomic E-state index is 0.0584. The van der Waals surface area contributed by atoms with E-state index < -0.39 is 11.9 Å². The first-order chi connectivity index (χ1) is 10.1. The maximum absolute atomic E-state index is 13.5. The van der Waals surface area contributed by atoms with Crippen LogP contribution in [0.3, 0.4) is 0 Å². The summed E-state index contributed by atoms with van der Waals surface area (Å²) >= 11 is 5.65. The Morgan fingerprint density at radius 3 is 2.29 bits per heavy atom. The van der Waals surface area contributed by atoms with Gasteiger partial charge in [-0.2, -0.15) is 0 Å². The quantitative estimate of drug-likeness (QED) is 0.913. The van der Waals surface area contributed by atoms with Crippen molar-refractivity contribution in [3.8, 4) is 11.5 Å². The average Bonchev–Trinajstić information content (AvgIpc) is 2.49. The Bertz CT molecular complexity index is 609. The van der Waals surface area contributed by atoms with E-state index >= 15 is 0 Å². The van der Waals surface area contributed by atoms with Crippen LogP contribution in [0.2, 0.25) is 5.02 Å². The maximum atomic E-state index is 13.5. The molecule has 0 aromatic heterocycles. The number of methoxy groups -OCH3 is 2. The molecule has 0 amide bonds. The number of ether oxygens (including phenoxy) is 2. The van der Waals surface area contributed by atoms with Gasteiger partial charge in [-0.05, 0) is 29.8 Å². The van der Waals surface area contributed by atoms with Gasteiger partial charge in [0.25, 0.3) is 0 Å². The summed E-state index contributed by atoms with van der Waals surface area (Å²) in [5.74, 6) is 0.543. The Morgan fingerprint density at radius 2 is 1.76 bits per heavy atom. The zero-order valence-electron chi connectivity index (χ0n) is 11.8. The molecule has 21 heavy (non-hydrogen) atoms. The van der Waals surface area contributed by atoms with Crippen LogP contribution in [0.15, 0.2) is 36.4 Å². The molecule has 0 fully saturated rings. The summed E-state index contributed by atoms with van der Waals surface area (Å²) in [5, 5.41) is 10.5. The summed E-state index contributed by atoms with van der Waals surface area (Å²) in [6.07, 6.45) is -0.651. The van der Waals surface area contributed by atoms with Crippen LogP contribution >= 0.6 is 11.6 Å². The minimum Gasteiger partial charge on any atom is -0.496 e. The summed E-state index contributed by atoms with van der Waals surface area (Å²) in [5.41, 5.74) is 1.18. The highest BCUT2D eigenvalue weighted by Gasteiger charge is 2.19. The van der Waals surface area contributed by atoms with Crippen LogP contribution in [0.25, 0.3) is 0 Å². The molecule has 0 saturated carbocycles. The highest BCUT2D eigenvalue weighted by atomic mass is 35.5. The molecule has 2 aromatic carbocycles. The fraction of sp³-hybridized carbons (Fsp3) is 0.250. The third-order valence-electron chi connectivity index (χ3n) is 3.21. The highest BCUT2D eigenvalue weighted by molar-refractivity contribution is 6.30. The molecule has 0 bridgehead atoms. The number of rotatable bonds is 5. The molecule has 2 rings (SSSR count). The minimum atomic E-state index is -0.878. The van der Waals surface area contributed by atoms with Crippen LogP contribution in [-0.2, 0) is 6.42 Å². The van der Waals surface area contributed by atoms with Gasteiger partial charge < -0.3 is 14.6 Å². The molecule has 0 radical (unpaired) electrons. The summed E-state index contributed by atoms with van der Waals surface area (Å²) < 4.78 is 24.0. The highest BCUT2D eigenvalue weighted by Crippen LogP contribution is 2.35. The Kier molecular flexibility index (Phi) is 5.04. The standard InChI is InChI=1S/C16H16ClFO3/c1-20-14-4-3-5-15(21-2)16(14)13(19)9-10-6-7-11(17)12(18)8-10/h3-8,13,19H,9H2,1-2H3. The topological polar surface area (TPSA) is 38.7 Å². The van der Waals surface area contributed by atoms with Gasteiger partial charge in [0.15, 0.2) is 0 Å². The predicted molar refractivity (Wildman–Crippen MR) is 79.6 cm³/mol. The van der Waals surface area contributed by atoms with Crippen molar-refractivity contribution in [2.75, 3.05) is 14.2 Å². The number of hydrogen-bond acceptors (Lipinski definition) is 3. The number of halogens is 2. The van der Waals surface area contributed by atoms with Crippen molar-refractivity contribution in [3.05, 3.63) is 58.4 Å². The van der Waals surface area contributed by atoms with E-state index in [0.29, 0.717) is 22.6 Å². The third-order valence-corrected chi connectivity index (χ3v) is 3.52. The van der Waals surface area contributed by atoms with Crippen LogP contribution in [0.4, 0.5) is 4.39 Å². The lowest BCUT2D eigenvalue weighted by molar-refractivity contribution is 0.169. The van der Waals surface area contributed by atoms with Gasteiger partial charge in [-0.25, -0.2) is 4.39 Å². The van der Waals surface area contributed by atoms with E-state index in [2.05, 4.69) is 0 Å². The van der Waals surface area contributed by atoms with E-state index in [-0.39, 0.29) is 11.4 Å². The zero-order valence-corrected chi connectivity index (χ0v) is 12.5. The molecule has 1 unspecified atom stereocenters. The molecule has 0 aliphatic heterocycles. The van der Waals surface area contributed by atoms with Gasteiger partial charge in [-0.1, -0.05) is 23.7 Å². The van der Waals surface area contributed by atoms with Crippen molar-refractivity contribution in [1.29, 1.82) is 0 Å². The van der Waals surface area contributed by atoms with Crippen molar-refractivity contribution in [3.63, 3.8) is 0 Å². The average molecular weight is 311 g/mol. The molecular formula is C16H16ClFO3. The molecule has 0 saturated heterocycles. The van der Waals surface area contributed by atoms with E-state index in [1.807, 2.05) is 0 Å². The molecular weight excluding hydrogens is 295 g/mol. The Labute approximate surface area is 127 Å². The third kappa shape index (κ3) is 3.46. The molecule has 112 valence electrons. The van der Waals surface area contributed by atoms with Gasteiger partial charge in [0.05, 0.1) is 30.9 Å². The van der Waals surface area contributed by atoms with E-state index in [4.69, 9.17) is 21.1 Å². The number of aliphatic hydroxyl groups is 1. The zero-order chi connectivity index (χ0) is 15.4. The summed E-state index contributed by atoms with van der Waals surface area (Å²) in [6.45, 7) is 0. The Balaban J connectivity index is 2.31. The van der Waals surface area contributed by atoms with Gasteiger partial charge >= 0.3 is 0 Å². The molecule has 2 aromatic rings. The summed E-state index contributed by atoms with van der Waals surface area (Å²) in [7, 11) is 3.04. The molecule has 5 heteroatoms. The lowest BCUT2D eigenvalue weighted by atomic mass is 9.99. The van der Waals surface area contributed by atoms with E-state index in [1.165, 1.54) is 26.4 Å². The van der Waals surface area contributed by atoms with Crippen molar-refractivity contribution in [1.82, 2.24) is 0 Å². The fourth-order valence-electron chi connectivity index (χ4n) is 2.20. The summed E-state index contributed by atoms with van der Waals surface area (Å²) in [4.78, 5) is 0. The van der Waals surface area contributed by atoms with Gasteiger partial charge in [-0.3, -0.25) is 0 Å². The largest absolute Gasteiger partial charge is 0.496 e. The van der Waals surface area contributed by atoms with Crippen LogP contribution < -0.4 is 9.47 Å². The second-order valence-electron chi connectivity index (χ2n) is 4.54. The van der Waals surface area contributed by atoms with Crippen LogP contribution in [-0.4, -0.2) is 19.3 Å². The predicted octanol–water partition coefficient (Wildman–Crippen LogP) is 3.77. The Hall–Kier alpha value is -1.78. The lowest BCUT2D eigenvalue weighted by Crippen LogP contribution is -2.06. The number of aliphatic hydroxyl groups excluding tert-OH is 1. The first kappa shape index (κ1) is 15.6. The van der Waals surface area contributed by atoms with Crippen molar-refractivity contribution >= 4 is 11.6 Å². The molecule has 1 atom stereocenters. The van der Waals surface area contributed by atoms with E-state index in [0.717, 1.165) is 0 Å². The summed E-state index contributed by atoms with van der Waals surface area (Å²) in [6, 6.07) is 9.71. The van der Waals surface area contributed by atoms with Crippen molar-refractivity contribution in [2.24, 2.45) is 0 Å². The van der Waals surface area contributed by atoms with Crippen LogP contribution in [0.5, 0.6) is 11.5 Å². The Morgan fingerprint density at radius 1 is 1.14 bits per heavy atom. The number of hydrogen-bond donors (Lipinski definition) is 1. The molecule has 0 spiro atoms. The first-order valence-electron chi connectivity index (χ1n) is 6.39. The second kappa shape index (κ2) is 6.78. The number of benzene rings is 2. The maximum Gasteiger partial charge on any atom is 0.142 e. The van der Waals surface area contributed by atoms with Crippen molar-refractivity contribution in [2.45, 2.75) is 12.5 Å². The monoisotopic (exact) mass is 310 g/mol. The molecule has 0 heterocycles. The van der Waals surface area contributed by atoms with Gasteiger partial charge in [-0.15, -0.1) is 0 Å². The van der Waals surface area contributed by atoms with Crippen LogP contribution in [0, 0.1) is 5.82 Å². The smallest absolute Gasteiger partial charge is 0.142 e. The first-order valence-corrected chi connectivity index (χ1v) is 6.77. The van der Waals surface area contributed by atoms with Gasteiger partial charge in [0.2, 0.25) is 0 Å². The van der Waals surface area contributed by atoms with Crippen molar-refractivity contribution < 1.29 is 19.0 Å². The van der Waals surface area contributed by atoms with E-state index in [1.54, 1.807) is 24.3 Å². The fourth-order valence-corrected chi connectivity index (χ4v) is 2.32.